The maximum atomic E-state index is 9.57. The zero-order valence-corrected chi connectivity index (χ0v) is 10.4. The van der Waals surface area contributed by atoms with Crippen LogP contribution in [0.4, 0.5) is 0 Å². The molecule has 96 valence electrons. The van der Waals surface area contributed by atoms with Gasteiger partial charge in [0.2, 0.25) is 0 Å². The van der Waals surface area contributed by atoms with Crippen LogP contribution in [0.25, 0.3) is 0 Å². The van der Waals surface area contributed by atoms with Crippen molar-refractivity contribution in [2.75, 3.05) is 19.8 Å². The standard InChI is InChI=1S/C12H25NO3/c1-10(2)16-8-11(14)7-15-9-12(13)5-3-4-6-12/h10-11,14H,3-9,13H2,1-2H3. The average Bonchev–Trinajstić information content (AvgIpc) is 2.62. The molecule has 1 aliphatic rings. The van der Waals surface area contributed by atoms with Crippen molar-refractivity contribution in [3.8, 4) is 0 Å². The normalized spacial score (nSPS) is 21.6. The van der Waals surface area contributed by atoms with E-state index in [4.69, 9.17) is 15.2 Å². The van der Waals surface area contributed by atoms with E-state index in [1.807, 2.05) is 13.8 Å². The lowest BCUT2D eigenvalue weighted by Crippen LogP contribution is -2.42. The molecule has 0 aromatic heterocycles. The van der Waals surface area contributed by atoms with Gasteiger partial charge >= 0.3 is 0 Å². The van der Waals surface area contributed by atoms with Crippen molar-refractivity contribution in [2.24, 2.45) is 5.73 Å². The Kier molecular flexibility index (Phi) is 5.69. The lowest BCUT2D eigenvalue weighted by atomic mass is 10.0. The Bertz CT molecular complexity index is 191. The van der Waals surface area contributed by atoms with Gasteiger partial charge in [-0.05, 0) is 26.7 Å². The van der Waals surface area contributed by atoms with Gasteiger partial charge in [-0.2, -0.15) is 0 Å². The van der Waals surface area contributed by atoms with Crippen LogP contribution >= 0.6 is 0 Å². The molecule has 0 radical (unpaired) electrons. The van der Waals surface area contributed by atoms with Crippen molar-refractivity contribution >= 4 is 0 Å². The highest BCUT2D eigenvalue weighted by Crippen LogP contribution is 2.27. The topological polar surface area (TPSA) is 64.7 Å². The summed E-state index contributed by atoms with van der Waals surface area (Å²) in [6.07, 6.45) is 4.05. The van der Waals surface area contributed by atoms with Gasteiger partial charge in [0, 0.05) is 5.54 Å². The molecular weight excluding hydrogens is 206 g/mol. The van der Waals surface area contributed by atoms with Crippen molar-refractivity contribution in [2.45, 2.75) is 57.3 Å². The molecule has 3 N–H and O–H groups in total. The minimum atomic E-state index is -0.549. The van der Waals surface area contributed by atoms with Crippen molar-refractivity contribution in [3.05, 3.63) is 0 Å². The molecule has 1 saturated carbocycles. The smallest absolute Gasteiger partial charge is 0.101 e. The molecule has 4 heteroatoms. The first-order valence-electron chi connectivity index (χ1n) is 6.18. The second-order valence-corrected chi connectivity index (χ2v) is 5.12. The van der Waals surface area contributed by atoms with Gasteiger partial charge in [-0.25, -0.2) is 0 Å². The zero-order valence-electron chi connectivity index (χ0n) is 10.4. The molecule has 1 unspecified atom stereocenters. The highest BCUT2D eigenvalue weighted by Gasteiger charge is 2.29. The number of aliphatic hydroxyl groups excluding tert-OH is 1. The molecule has 0 aromatic rings. The van der Waals surface area contributed by atoms with E-state index in [0.717, 1.165) is 12.8 Å². The predicted molar refractivity (Wildman–Crippen MR) is 63.3 cm³/mol. The Hall–Kier alpha value is -0.160. The van der Waals surface area contributed by atoms with Gasteiger partial charge in [-0.15, -0.1) is 0 Å². The Morgan fingerprint density at radius 1 is 1.25 bits per heavy atom. The van der Waals surface area contributed by atoms with Crippen LogP contribution in [-0.4, -0.2) is 42.7 Å². The highest BCUT2D eigenvalue weighted by molar-refractivity contribution is 4.88. The molecule has 16 heavy (non-hydrogen) atoms. The third kappa shape index (κ3) is 5.25. The van der Waals surface area contributed by atoms with E-state index in [-0.39, 0.29) is 11.6 Å². The van der Waals surface area contributed by atoms with Crippen LogP contribution in [-0.2, 0) is 9.47 Å². The number of aliphatic hydroxyl groups is 1. The number of nitrogens with two attached hydrogens (primary N) is 1. The van der Waals surface area contributed by atoms with Gasteiger partial charge in [0.05, 0.1) is 25.9 Å². The second-order valence-electron chi connectivity index (χ2n) is 5.12. The fourth-order valence-corrected chi connectivity index (χ4v) is 1.97. The van der Waals surface area contributed by atoms with Gasteiger partial charge in [0.1, 0.15) is 6.10 Å². The first-order valence-corrected chi connectivity index (χ1v) is 6.18. The molecule has 0 aromatic carbocycles. The molecule has 0 aliphatic heterocycles. The Balaban J connectivity index is 2.05. The lowest BCUT2D eigenvalue weighted by molar-refractivity contribution is -0.0428. The number of rotatable bonds is 7. The third-order valence-electron chi connectivity index (χ3n) is 2.92. The van der Waals surface area contributed by atoms with Crippen molar-refractivity contribution in [1.82, 2.24) is 0 Å². The molecule has 0 saturated heterocycles. The predicted octanol–water partition coefficient (Wildman–Crippen LogP) is 1.06. The fraction of sp³-hybridized carbons (Fsp3) is 1.00. The zero-order chi connectivity index (χ0) is 12.0. The molecule has 1 rings (SSSR count). The first-order chi connectivity index (χ1) is 7.52. The number of hydrogen-bond acceptors (Lipinski definition) is 4. The van der Waals surface area contributed by atoms with Crippen LogP contribution in [0, 0.1) is 0 Å². The quantitative estimate of drug-likeness (QED) is 0.687. The van der Waals surface area contributed by atoms with E-state index in [9.17, 15) is 5.11 Å². The molecular formula is C12H25NO3. The van der Waals surface area contributed by atoms with Gasteiger partial charge in [0.25, 0.3) is 0 Å². The summed E-state index contributed by atoms with van der Waals surface area (Å²) in [5.41, 5.74) is 5.98. The van der Waals surface area contributed by atoms with Gasteiger partial charge in [-0.3, -0.25) is 0 Å². The second kappa shape index (κ2) is 6.55. The molecule has 0 amide bonds. The van der Waals surface area contributed by atoms with Gasteiger partial charge in [-0.1, -0.05) is 12.8 Å². The largest absolute Gasteiger partial charge is 0.388 e. The summed E-state index contributed by atoms with van der Waals surface area (Å²) in [6.45, 7) is 5.08. The summed E-state index contributed by atoms with van der Waals surface area (Å²) in [6, 6.07) is 0. The van der Waals surface area contributed by atoms with Crippen molar-refractivity contribution in [3.63, 3.8) is 0 Å². The maximum absolute atomic E-state index is 9.57. The summed E-state index contributed by atoms with van der Waals surface area (Å²) >= 11 is 0. The van der Waals surface area contributed by atoms with E-state index in [2.05, 4.69) is 0 Å². The molecule has 1 aliphatic carbocycles. The molecule has 0 bridgehead atoms. The minimum absolute atomic E-state index is 0.144. The van der Waals surface area contributed by atoms with E-state index >= 15 is 0 Å². The molecule has 0 heterocycles. The SMILES string of the molecule is CC(C)OCC(O)COCC1(N)CCCC1. The van der Waals surface area contributed by atoms with Crippen molar-refractivity contribution in [1.29, 1.82) is 0 Å². The van der Waals surface area contributed by atoms with E-state index in [1.165, 1.54) is 12.8 Å². The highest BCUT2D eigenvalue weighted by atomic mass is 16.5. The van der Waals surface area contributed by atoms with Crippen LogP contribution in [0.2, 0.25) is 0 Å². The number of hydrogen-bond donors (Lipinski definition) is 2. The minimum Gasteiger partial charge on any atom is -0.388 e. The Morgan fingerprint density at radius 2 is 1.88 bits per heavy atom. The summed E-state index contributed by atoms with van der Waals surface area (Å²) in [4.78, 5) is 0. The third-order valence-corrected chi connectivity index (χ3v) is 2.92. The lowest BCUT2D eigenvalue weighted by Gasteiger charge is -2.24. The number of ether oxygens (including phenoxy) is 2. The van der Waals surface area contributed by atoms with Crippen LogP contribution < -0.4 is 5.73 Å². The van der Waals surface area contributed by atoms with Gasteiger partial charge in [0.15, 0.2) is 0 Å². The van der Waals surface area contributed by atoms with Crippen LogP contribution in [0.15, 0.2) is 0 Å². The molecule has 1 fully saturated rings. The van der Waals surface area contributed by atoms with Crippen LogP contribution in [0.5, 0.6) is 0 Å². The summed E-state index contributed by atoms with van der Waals surface area (Å²) in [7, 11) is 0. The van der Waals surface area contributed by atoms with Crippen molar-refractivity contribution < 1.29 is 14.6 Å². The average molecular weight is 231 g/mol. The van der Waals surface area contributed by atoms with Crippen LogP contribution in [0.3, 0.4) is 0 Å². The summed E-state index contributed by atoms with van der Waals surface area (Å²) in [5.74, 6) is 0. The summed E-state index contributed by atoms with van der Waals surface area (Å²) in [5, 5.41) is 9.57. The van der Waals surface area contributed by atoms with Gasteiger partial charge < -0.3 is 20.3 Å². The maximum Gasteiger partial charge on any atom is 0.101 e. The van der Waals surface area contributed by atoms with Crippen LogP contribution in [0.1, 0.15) is 39.5 Å². The molecule has 4 nitrogen and oxygen atoms in total. The fourth-order valence-electron chi connectivity index (χ4n) is 1.97. The first kappa shape index (κ1) is 13.9. The Morgan fingerprint density at radius 3 is 2.44 bits per heavy atom. The van der Waals surface area contributed by atoms with E-state index in [0.29, 0.717) is 19.8 Å². The monoisotopic (exact) mass is 231 g/mol. The van der Waals surface area contributed by atoms with E-state index in [1.54, 1.807) is 0 Å². The molecule has 0 spiro atoms. The Labute approximate surface area is 98.1 Å². The summed E-state index contributed by atoms with van der Waals surface area (Å²) < 4.78 is 10.7. The van der Waals surface area contributed by atoms with E-state index < -0.39 is 6.10 Å². The molecule has 1 atom stereocenters.